The van der Waals surface area contributed by atoms with Crippen LogP contribution in [0.5, 0.6) is 0 Å². The van der Waals surface area contributed by atoms with Crippen LogP contribution in [0.25, 0.3) is 0 Å². The molecule has 2 rings (SSSR count). The second-order valence-electron chi connectivity index (χ2n) is 8.13. The van der Waals surface area contributed by atoms with E-state index in [0.717, 1.165) is 25.1 Å². The summed E-state index contributed by atoms with van der Waals surface area (Å²) in [5.74, 6) is -0.203. The number of rotatable bonds is 6. The van der Waals surface area contributed by atoms with Gasteiger partial charge in [-0.3, -0.25) is 4.90 Å². The Morgan fingerprint density at radius 2 is 1.78 bits per heavy atom. The molecule has 0 aromatic heterocycles. The lowest BCUT2D eigenvalue weighted by Gasteiger charge is -2.41. The van der Waals surface area contributed by atoms with Gasteiger partial charge in [-0.2, -0.15) is 0 Å². The van der Waals surface area contributed by atoms with Gasteiger partial charge < -0.3 is 9.64 Å². The number of halogens is 1. The van der Waals surface area contributed by atoms with Crippen LogP contribution in [0.4, 0.5) is 9.18 Å². The van der Waals surface area contributed by atoms with Gasteiger partial charge in [0.25, 0.3) is 0 Å². The Labute approximate surface area is 163 Å². The summed E-state index contributed by atoms with van der Waals surface area (Å²) in [6, 6.07) is 7.11. The summed E-state index contributed by atoms with van der Waals surface area (Å²) in [4.78, 5) is 16.2. The van der Waals surface area contributed by atoms with E-state index in [1.54, 1.807) is 4.90 Å². The number of ether oxygens (including phenoxy) is 1. The Hall–Kier alpha value is -1.88. The zero-order valence-electron chi connectivity index (χ0n) is 17.3. The van der Waals surface area contributed by atoms with Crippen LogP contribution in [-0.2, 0) is 10.2 Å². The van der Waals surface area contributed by atoms with Crippen LogP contribution in [0, 0.1) is 5.82 Å². The predicted octanol–water partition coefficient (Wildman–Crippen LogP) is 4.60. The van der Waals surface area contributed by atoms with Crippen molar-refractivity contribution >= 4 is 6.09 Å². The molecule has 1 aromatic rings. The predicted molar refractivity (Wildman–Crippen MR) is 107 cm³/mol. The van der Waals surface area contributed by atoms with Crippen molar-refractivity contribution in [3.63, 3.8) is 0 Å². The van der Waals surface area contributed by atoms with E-state index in [-0.39, 0.29) is 23.4 Å². The first kappa shape index (κ1) is 21.4. The van der Waals surface area contributed by atoms with Gasteiger partial charge in [0.2, 0.25) is 0 Å². The Morgan fingerprint density at radius 1 is 1.19 bits per heavy atom. The van der Waals surface area contributed by atoms with Crippen LogP contribution in [0.2, 0.25) is 0 Å². The molecule has 1 unspecified atom stereocenters. The lowest BCUT2D eigenvalue weighted by atomic mass is 9.78. The van der Waals surface area contributed by atoms with E-state index in [2.05, 4.69) is 38.7 Å². The lowest BCUT2D eigenvalue weighted by molar-refractivity contribution is 0.0684. The van der Waals surface area contributed by atoms with E-state index in [9.17, 15) is 9.18 Å². The second kappa shape index (κ2) is 9.36. The molecule has 150 valence electrons. The van der Waals surface area contributed by atoms with Gasteiger partial charge in [-0.05, 0) is 50.3 Å². The number of hydrogen-bond donors (Lipinski definition) is 0. The molecule has 1 amide bonds. The smallest absolute Gasteiger partial charge is 0.409 e. The van der Waals surface area contributed by atoms with Crippen LogP contribution in [0.15, 0.2) is 35.9 Å². The highest BCUT2D eigenvalue weighted by Crippen LogP contribution is 2.31. The molecular weight excluding hydrogens is 343 g/mol. The van der Waals surface area contributed by atoms with Crippen LogP contribution in [-0.4, -0.2) is 54.7 Å². The minimum Gasteiger partial charge on any atom is -0.450 e. The van der Waals surface area contributed by atoms with Gasteiger partial charge in [-0.1, -0.05) is 37.6 Å². The fourth-order valence-corrected chi connectivity index (χ4v) is 3.67. The summed E-state index contributed by atoms with van der Waals surface area (Å²) in [5.41, 5.74) is 2.34. The molecule has 0 bridgehead atoms. The molecule has 1 saturated heterocycles. The highest BCUT2D eigenvalue weighted by atomic mass is 19.1. The topological polar surface area (TPSA) is 32.8 Å². The van der Waals surface area contributed by atoms with Crippen LogP contribution in [0.3, 0.4) is 0 Å². The van der Waals surface area contributed by atoms with Crippen LogP contribution < -0.4 is 0 Å². The molecule has 1 heterocycles. The van der Waals surface area contributed by atoms with E-state index in [1.165, 1.54) is 17.7 Å². The lowest BCUT2D eigenvalue weighted by Crippen LogP contribution is -2.52. The third kappa shape index (κ3) is 6.06. The van der Waals surface area contributed by atoms with Gasteiger partial charge in [0.1, 0.15) is 5.82 Å². The SMILES string of the molecule is CCOC(=O)N1CCN(C(C=C(C)C)CC(C)(C)c2ccc(F)cc2)CC1. The normalized spacial score (nSPS) is 16.7. The van der Waals surface area contributed by atoms with Crippen LogP contribution in [0.1, 0.15) is 46.6 Å². The monoisotopic (exact) mass is 376 g/mol. The fourth-order valence-electron chi connectivity index (χ4n) is 3.67. The van der Waals surface area contributed by atoms with Gasteiger partial charge in [0.15, 0.2) is 0 Å². The Morgan fingerprint density at radius 3 is 2.30 bits per heavy atom. The van der Waals surface area contributed by atoms with Crippen LogP contribution >= 0.6 is 0 Å². The highest BCUT2D eigenvalue weighted by molar-refractivity contribution is 5.67. The fraction of sp³-hybridized carbons (Fsp3) is 0.591. The Kier molecular flexibility index (Phi) is 7.42. The molecule has 0 saturated carbocycles. The van der Waals surface area contributed by atoms with E-state index in [1.807, 2.05) is 19.1 Å². The van der Waals surface area contributed by atoms with E-state index < -0.39 is 0 Å². The summed E-state index contributed by atoms with van der Waals surface area (Å²) in [5, 5.41) is 0. The first-order chi connectivity index (χ1) is 12.7. The standard InChI is InChI=1S/C22H33FN2O2/c1-6-27-21(26)25-13-11-24(12-14-25)20(15-17(2)3)16-22(4,5)18-7-9-19(23)10-8-18/h7-10,15,20H,6,11-14,16H2,1-5H3. The molecule has 0 aliphatic carbocycles. The minimum absolute atomic E-state index is 0.0808. The number of allylic oxidation sites excluding steroid dienone is 1. The van der Waals surface area contributed by atoms with E-state index in [4.69, 9.17) is 4.74 Å². The van der Waals surface area contributed by atoms with Crippen molar-refractivity contribution in [1.29, 1.82) is 0 Å². The number of nitrogens with zero attached hydrogens (tertiary/aromatic N) is 2. The molecular formula is C22H33FN2O2. The molecule has 1 aliphatic rings. The Bertz CT molecular complexity index is 643. The number of amides is 1. The minimum atomic E-state index is -0.220. The maximum absolute atomic E-state index is 13.3. The van der Waals surface area contributed by atoms with Gasteiger partial charge in [0, 0.05) is 32.2 Å². The summed E-state index contributed by atoms with van der Waals surface area (Å²) >= 11 is 0. The van der Waals surface area contributed by atoms with Crippen molar-refractivity contribution in [2.24, 2.45) is 0 Å². The number of hydrogen-bond acceptors (Lipinski definition) is 3. The van der Waals surface area contributed by atoms with E-state index in [0.29, 0.717) is 19.7 Å². The quantitative estimate of drug-likeness (QED) is 0.680. The summed E-state index contributed by atoms with van der Waals surface area (Å²) in [6.07, 6.45) is 3.02. The molecule has 5 heteroatoms. The molecule has 0 N–H and O–H groups in total. The average Bonchev–Trinajstić information content (AvgIpc) is 2.61. The van der Waals surface area contributed by atoms with Crippen molar-refractivity contribution in [2.45, 2.75) is 52.5 Å². The van der Waals surface area contributed by atoms with Crippen molar-refractivity contribution in [3.05, 3.63) is 47.3 Å². The maximum atomic E-state index is 13.3. The molecule has 27 heavy (non-hydrogen) atoms. The third-order valence-electron chi connectivity index (χ3n) is 5.18. The first-order valence-corrected chi connectivity index (χ1v) is 9.79. The maximum Gasteiger partial charge on any atom is 0.409 e. The van der Waals surface area contributed by atoms with E-state index >= 15 is 0 Å². The van der Waals surface area contributed by atoms with Crippen molar-refractivity contribution in [2.75, 3.05) is 32.8 Å². The zero-order valence-corrected chi connectivity index (χ0v) is 17.3. The molecule has 0 spiro atoms. The van der Waals surface area contributed by atoms with Gasteiger partial charge >= 0.3 is 6.09 Å². The average molecular weight is 377 g/mol. The number of carbonyl (C=O) groups is 1. The summed E-state index contributed by atoms with van der Waals surface area (Å²) < 4.78 is 18.4. The number of piperazine rings is 1. The largest absolute Gasteiger partial charge is 0.450 e. The molecule has 1 aliphatic heterocycles. The van der Waals surface area contributed by atoms with Crippen molar-refractivity contribution < 1.29 is 13.9 Å². The molecule has 0 radical (unpaired) electrons. The molecule has 1 aromatic carbocycles. The molecule has 4 nitrogen and oxygen atoms in total. The van der Waals surface area contributed by atoms with Crippen molar-refractivity contribution in [3.8, 4) is 0 Å². The summed E-state index contributed by atoms with van der Waals surface area (Å²) in [7, 11) is 0. The highest BCUT2D eigenvalue weighted by Gasteiger charge is 2.31. The second-order valence-corrected chi connectivity index (χ2v) is 8.13. The van der Waals surface area contributed by atoms with Gasteiger partial charge in [0.05, 0.1) is 6.61 Å². The third-order valence-corrected chi connectivity index (χ3v) is 5.18. The zero-order chi connectivity index (χ0) is 20.0. The van der Waals surface area contributed by atoms with Gasteiger partial charge in [-0.25, -0.2) is 9.18 Å². The Balaban J connectivity index is 2.09. The van der Waals surface area contributed by atoms with Crippen molar-refractivity contribution in [1.82, 2.24) is 9.80 Å². The molecule has 1 fully saturated rings. The van der Waals surface area contributed by atoms with Gasteiger partial charge in [-0.15, -0.1) is 0 Å². The number of benzene rings is 1. The molecule has 1 atom stereocenters. The number of carbonyl (C=O) groups excluding carboxylic acids is 1. The first-order valence-electron chi connectivity index (χ1n) is 9.79. The summed E-state index contributed by atoms with van der Waals surface area (Å²) in [6.45, 7) is 13.9.